The van der Waals surface area contributed by atoms with Crippen LogP contribution in [0.15, 0.2) is 42.9 Å². The van der Waals surface area contributed by atoms with Gasteiger partial charge in [0.25, 0.3) is 0 Å². The Morgan fingerprint density at radius 3 is 3.00 bits per heavy atom. The summed E-state index contributed by atoms with van der Waals surface area (Å²) in [4.78, 5) is 14.2. The molecule has 0 saturated carbocycles. The number of likely N-dealkylation sites (N-methyl/N-ethyl adjacent to an activating group) is 1. The van der Waals surface area contributed by atoms with Crippen LogP contribution in [0.5, 0.6) is 0 Å². The molecule has 0 saturated heterocycles. The molecule has 0 radical (unpaired) electrons. The zero-order valence-electron chi connectivity index (χ0n) is 12.6. The number of aromatic amines is 1. The number of nitrogens with one attached hydrogen (secondary N) is 2. The van der Waals surface area contributed by atoms with E-state index in [1.807, 2.05) is 12.3 Å². The standard InChI is InChI=1S/C17H19N5/c1-22-10-13-5-3-2-4-12(13)8-14(22)9-19-17-16-15(6-7-18-16)20-11-21-17/h2-7,11,14,18H,8-10H2,1H3,(H,19,20,21). The average Bonchev–Trinajstić information content (AvgIpc) is 3.02. The Morgan fingerprint density at radius 1 is 1.23 bits per heavy atom. The molecule has 112 valence electrons. The van der Waals surface area contributed by atoms with E-state index in [0.717, 1.165) is 36.4 Å². The Labute approximate surface area is 129 Å². The molecule has 4 rings (SSSR count). The van der Waals surface area contributed by atoms with E-state index in [9.17, 15) is 0 Å². The molecule has 0 bridgehead atoms. The molecule has 0 amide bonds. The highest BCUT2D eigenvalue weighted by Crippen LogP contribution is 2.23. The summed E-state index contributed by atoms with van der Waals surface area (Å²) in [5, 5.41) is 3.48. The third kappa shape index (κ3) is 2.33. The highest BCUT2D eigenvalue weighted by atomic mass is 15.2. The van der Waals surface area contributed by atoms with Crippen LogP contribution in [-0.2, 0) is 13.0 Å². The van der Waals surface area contributed by atoms with E-state index < -0.39 is 0 Å². The molecule has 1 aromatic carbocycles. The quantitative estimate of drug-likeness (QED) is 0.778. The van der Waals surface area contributed by atoms with Gasteiger partial charge in [-0.05, 0) is 30.7 Å². The summed E-state index contributed by atoms with van der Waals surface area (Å²) in [5.74, 6) is 0.877. The van der Waals surface area contributed by atoms with E-state index in [1.54, 1.807) is 6.33 Å². The van der Waals surface area contributed by atoms with Crippen LogP contribution in [-0.4, -0.2) is 39.5 Å². The Hall–Kier alpha value is -2.40. The highest BCUT2D eigenvalue weighted by molar-refractivity contribution is 5.85. The summed E-state index contributed by atoms with van der Waals surface area (Å²) < 4.78 is 0. The van der Waals surface area contributed by atoms with Crippen LogP contribution in [0.1, 0.15) is 11.1 Å². The minimum absolute atomic E-state index is 0.467. The van der Waals surface area contributed by atoms with Gasteiger partial charge in [-0.15, -0.1) is 0 Å². The molecular weight excluding hydrogens is 274 g/mol. The monoisotopic (exact) mass is 293 g/mol. The molecule has 3 aromatic rings. The molecular formula is C17H19N5. The SMILES string of the molecule is CN1Cc2ccccc2CC1CNc1ncnc2cc[nH]c12. The Kier molecular flexibility index (Phi) is 3.27. The first-order valence-electron chi connectivity index (χ1n) is 7.60. The first kappa shape index (κ1) is 13.3. The molecule has 1 aliphatic rings. The number of aromatic nitrogens is 3. The third-order valence-electron chi connectivity index (χ3n) is 4.47. The minimum atomic E-state index is 0.467. The molecule has 1 aliphatic heterocycles. The number of fused-ring (bicyclic) bond motifs is 2. The average molecular weight is 293 g/mol. The maximum Gasteiger partial charge on any atom is 0.153 e. The van der Waals surface area contributed by atoms with Crippen molar-refractivity contribution in [1.29, 1.82) is 0 Å². The molecule has 22 heavy (non-hydrogen) atoms. The number of nitrogens with zero attached hydrogens (tertiary/aromatic N) is 3. The topological polar surface area (TPSA) is 56.8 Å². The lowest BCUT2D eigenvalue weighted by molar-refractivity contribution is 0.225. The van der Waals surface area contributed by atoms with Gasteiger partial charge in [0.05, 0.1) is 5.52 Å². The maximum absolute atomic E-state index is 4.36. The zero-order valence-corrected chi connectivity index (χ0v) is 12.6. The van der Waals surface area contributed by atoms with Crippen molar-refractivity contribution >= 4 is 16.9 Å². The van der Waals surface area contributed by atoms with Crippen molar-refractivity contribution in [2.45, 2.75) is 19.0 Å². The minimum Gasteiger partial charge on any atom is -0.367 e. The summed E-state index contributed by atoms with van der Waals surface area (Å²) >= 11 is 0. The fourth-order valence-electron chi connectivity index (χ4n) is 3.17. The predicted molar refractivity (Wildman–Crippen MR) is 87.8 cm³/mol. The first-order chi connectivity index (χ1) is 10.8. The largest absolute Gasteiger partial charge is 0.367 e. The van der Waals surface area contributed by atoms with E-state index in [2.05, 4.69) is 56.5 Å². The van der Waals surface area contributed by atoms with Crippen molar-refractivity contribution in [3.63, 3.8) is 0 Å². The molecule has 3 heterocycles. The van der Waals surface area contributed by atoms with Crippen LogP contribution in [0, 0.1) is 0 Å². The van der Waals surface area contributed by atoms with Crippen molar-refractivity contribution in [2.75, 3.05) is 18.9 Å². The van der Waals surface area contributed by atoms with Crippen LogP contribution in [0.3, 0.4) is 0 Å². The summed E-state index contributed by atoms with van der Waals surface area (Å²) in [5.41, 5.74) is 4.82. The van der Waals surface area contributed by atoms with Crippen LogP contribution < -0.4 is 5.32 Å². The van der Waals surface area contributed by atoms with Gasteiger partial charge in [-0.25, -0.2) is 9.97 Å². The Bertz CT molecular complexity index is 794. The van der Waals surface area contributed by atoms with Crippen LogP contribution >= 0.6 is 0 Å². The second kappa shape index (κ2) is 5.42. The zero-order chi connectivity index (χ0) is 14.9. The lowest BCUT2D eigenvalue weighted by Gasteiger charge is -2.34. The summed E-state index contributed by atoms with van der Waals surface area (Å²) in [6, 6.07) is 11.1. The van der Waals surface area contributed by atoms with E-state index in [-0.39, 0.29) is 0 Å². The first-order valence-corrected chi connectivity index (χ1v) is 7.60. The van der Waals surface area contributed by atoms with Crippen molar-refractivity contribution < 1.29 is 0 Å². The number of rotatable bonds is 3. The van der Waals surface area contributed by atoms with Gasteiger partial charge in [0.15, 0.2) is 5.82 Å². The summed E-state index contributed by atoms with van der Waals surface area (Å²) in [7, 11) is 2.19. The van der Waals surface area contributed by atoms with Gasteiger partial charge < -0.3 is 10.3 Å². The lowest BCUT2D eigenvalue weighted by Crippen LogP contribution is -2.42. The van der Waals surface area contributed by atoms with E-state index in [1.165, 1.54) is 11.1 Å². The van der Waals surface area contributed by atoms with Gasteiger partial charge in [0, 0.05) is 25.3 Å². The molecule has 1 atom stereocenters. The molecule has 0 aliphatic carbocycles. The molecule has 2 aromatic heterocycles. The van der Waals surface area contributed by atoms with Crippen LogP contribution in [0.25, 0.3) is 11.0 Å². The van der Waals surface area contributed by atoms with Crippen molar-refractivity contribution in [2.24, 2.45) is 0 Å². The molecule has 5 nitrogen and oxygen atoms in total. The summed E-state index contributed by atoms with van der Waals surface area (Å²) in [6.45, 7) is 1.88. The van der Waals surface area contributed by atoms with Gasteiger partial charge >= 0.3 is 0 Å². The molecule has 2 N–H and O–H groups in total. The lowest BCUT2D eigenvalue weighted by atomic mass is 9.94. The van der Waals surface area contributed by atoms with Gasteiger partial charge in [-0.2, -0.15) is 0 Å². The van der Waals surface area contributed by atoms with Crippen molar-refractivity contribution in [3.8, 4) is 0 Å². The van der Waals surface area contributed by atoms with Gasteiger partial charge in [0.1, 0.15) is 11.8 Å². The van der Waals surface area contributed by atoms with E-state index in [4.69, 9.17) is 0 Å². The molecule has 0 spiro atoms. The molecule has 1 unspecified atom stereocenters. The molecule has 0 fully saturated rings. The van der Waals surface area contributed by atoms with E-state index >= 15 is 0 Å². The fraction of sp³-hybridized carbons (Fsp3) is 0.294. The number of anilines is 1. The second-order valence-electron chi connectivity index (χ2n) is 5.88. The number of benzene rings is 1. The summed E-state index contributed by atoms with van der Waals surface area (Å²) in [6.07, 6.45) is 4.57. The van der Waals surface area contributed by atoms with E-state index in [0.29, 0.717) is 6.04 Å². The Balaban J connectivity index is 1.51. The highest BCUT2D eigenvalue weighted by Gasteiger charge is 2.23. The van der Waals surface area contributed by atoms with Crippen LogP contribution in [0.2, 0.25) is 0 Å². The second-order valence-corrected chi connectivity index (χ2v) is 5.88. The van der Waals surface area contributed by atoms with Crippen LogP contribution in [0.4, 0.5) is 5.82 Å². The molecule has 5 heteroatoms. The van der Waals surface area contributed by atoms with Gasteiger partial charge in [-0.3, -0.25) is 4.90 Å². The third-order valence-corrected chi connectivity index (χ3v) is 4.47. The smallest absolute Gasteiger partial charge is 0.153 e. The normalized spacial score (nSPS) is 18.3. The number of hydrogen-bond acceptors (Lipinski definition) is 4. The fourth-order valence-corrected chi connectivity index (χ4v) is 3.17. The number of hydrogen-bond donors (Lipinski definition) is 2. The maximum atomic E-state index is 4.36. The Morgan fingerprint density at radius 2 is 2.09 bits per heavy atom. The predicted octanol–water partition coefficient (Wildman–Crippen LogP) is 2.43. The van der Waals surface area contributed by atoms with Crippen molar-refractivity contribution in [1.82, 2.24) is 19.9 Å². The van der Waals surface area contributed by atoms with Crippen molar-refractivity contribution in [3.05, 3.63) is 54.0 Å². The number of H-pyrrole nitrogens is 1. The van der Waals surface area contributed by atoms with Gasteiger partial charge in [0.2, 0.25) is 0 Å². The van der Waals surface area contributed by atoms with Gasteiger partial charge in [-0.1, -0.05) is 24.3 Å².